The average Bonchev–Trinajstić information content (AvgIpc) is 3.38. The average molecular weight is 509 g/mol. The Labute approximate surface area is 202 Å². The van der Waals surface area contributed by atoms with Crippen molar-refractivity contribution in [1.82, 2.24) is 9.62 Å². The summed E-state index contributed by atoms with van der Waals surface area (Å²) < 4.78 is 51.1. The number of alkyl halides is 1. The van der Waals surface area contributed by atoms with E-state index in [4.69, 9.17) is 20.8 Å². The Hall–Kier alpha value is -2.62. The predicted octanol–water partition coefficient (Wildman–Crippen LogP) is 5.51. The molecular formula is C24H26ClFN2O5S. The van der Waals surface area contributed by atoms with Crippen LogP contribution in [0.2, 0.25) is 5.02 Å². The number of furan rings is 1. The first-order valence-electron chi connectivity index (χ1n) is 10.9. The molecule has 34 heavy (non-hydrogen) atoms. The Balaban J connectivity index is 1.53. The number of fused-ring (bicyclic) bond motifs is 1. The first-order valence-corrected chi connectivity index (χ1v) is 12.7. The summed E-state index contributed by atoms with van der Waals surface area (Å²) >= 11 is 6.44. The maximum atomic E-state index is 13.5. The summed E-state index contributed by atoms with van der Waals surface area (Å²) in [6, 6.07) is 11.8. The number of carbonyl (C=O) groups is 1. The van der Waals surface area contributed by atoms with Crippen molar-refractivity contribution >= 4 is 38.7 Å². The van der Waals surface area contributed by atoms with Crippen molar-refractivity contribution in [2.45, 2.75) is 50.4 Å². The Kier molecular flexibility index (Phi) is 6.63. The van der Waals surface area contributed by atoms with Gasteiger partial charge in [-0.15, -0.1) is 0 Å². The van der Waals surface area contributed by atoms with Crippen LogP contribution in [0.1, 0.15) is 33.0 Å². The largest absolute Gasteiger partial charge is 0.458 e. The molecule has 1 aliphatic rings. The molecule has 1 aliphatic heterocycles. The van der Waals surface area contributed by atoms with Crippen LogP contribution in [0, 0.1) is 0 Å². The second-order valence-electron chi connectivity index (χ2n) is 9.22. The Morgan fingerprint density at radius 3 is 2.53 bits per heavy atom. The van der Waals surface area contributed by atoms with E-state index in [2.05, 4.69) is 5.32 Å². The minimum atomic E-state index is -3.73. The van der Waals surface area contributed by atoms with Crippen molar-refractivity contribution in [1.29, 1.82) is 0 Å². The second kappa shape index (κ2) is 9.20. The van der Waals surface area contributed by atoms with Crippen LogP contribution in [-0.4, -0.2) is 43.7 Å². The lowest BCUT2D eigenvalue weighted by Crippen LogP contribution is -2.32. The van der Waals surface area contributed by atoms with E-state index in [0.29, 0.717) is 16.4 Å². The highest BCUT2D eigenvalue weighted by Gasteiger charge is 2.32. The molecule has 0 bridgehead atoms. The Morgan fingerprint density at radius 1 is 1.21 bits per heavy atom. The van der Waals surface area contributed by atoms with Crippen molar-refractivity contribution in [2.24, 2.45) is 0 Å². The van der Waals surface area contributed by atoms with Gasteiger partial charge in [-0.05, 0) is 68.7 Å². The number of nitrogens with one attached hydrogen (secondary N) is 1. The molecule has 2 heterocycles. The minimum absolute atomic E-state index is 0.109. The second-order valence-corrected chi connectivity index (χ2v) is 11.6. The van der Waals surface area contributed by atoms with E-state index in [9.17, 15) is 17.6 Å². The first-order chi connectivity index (χ1) is 15.9. The minimum Gasteiger partial charge on any atom is -0.458 e. The summed E-state index contributed by atoms with van der Waals surface area (Å²) in [5, 5.41) is 3.78. The number of ether oxygens (including phenoxy) is 1. The molecule has 2 aromatic carbocycles. The molecule has 4 rings (SSSR count). The molecule has 3 aromatic rings. The van der Waals surface area contributed by atoms with Gasteiger partial charge < -0.3 is 14.5 Å². The van der Waals surface area contributed by atoms with Gasteiger partial charge in [0.15, 0.2) is 5.58 Å². The first kappa shape index (κ1) is 24.5. The van der Waals surface area contributed by atoms with Gasteiger partial charge in [-0.3, -0.25) is 0 Å². The molecular weight excluding hydrogens is 483 g/mol. The molecule has 1 N–H and O–H groups in total. The molecule has 1 fully saturated rings. The lowest BCUT2D eigenvalue weighted by molar-refractivity contribution is 0.0520. The number of hydrogen-bond acceptors (Lipinski definition) is 5. The highest BCUT2D eigenvalue weighted by Crippen LogP contribution is 2.34. The normalized spacial score (nSPS) is 17.3. The number of hydrogen-bond donors (Lipinski definition) is 1. The summed E-state index contributed by atoms with van der Waals surface area (Å²) in [6.07, 6.45) is -1.46. The Morgan fingerprint density at radius 2 is 1.91 bits per heavy atom. The number of nitrogens with zero attached hydrogens (tertiary/aromatic N) is 1. The van der Waals surface area contributed by atoms with Crippen molar-refractivity contribution in [3.05, 3.63) is 53.2 Å². The number of rotatable bonds is 5. The zero-order chi connectivity index (χ0) is 24.7. The SMILES string of the molecule is CC(C)(C)OC(=O)NCc1cc2cc(-c3ccc(S(=O)(=O)N4CC[C@H](F)C4)cc3)cc(Cl)c2o1. The van der Waals surface area contributed by atoms with Crippen LogP contribution in [-0.2, 0) is 21.3 Å². The van der Waals surface area contributed by atoms with Gasteiger partial charge in [0.25, 0.3) is 0 Å². The fourth-order valence-corrected chi connectivity index (χ4v) is 5.51. The molecule has 10 heteroatoms. The van der Waals surface area contributed by atoms with Crippen molar-refractivity contribution < 1.29 is 26.8 Å². The van der Waals surface area contributed by atoms with Crippen LogP contribution in [0.15, 0.2) is 51.8 Å². The molecule has 7 nitrogen and oxygen atoms in total. The van der Waals surface area contributed by atoms with Gasteiger partial charge in [-0.2, -0.15) is 4.31 Å². The number of amides is 1. The lowest BCUT2D eigenvalue weighted by Gasteiger charge is -2.19. The quantitative estimate of drug-likeness (QED) is 0.491. The zero-order valence-corrected chi connectivity index (χ0v) is 20.7. The van der Waals surface area contributed by atoms with Gasteiger partial charge in [0.2, 0.25) is 10.0 Å². The van der Waals surface area contributed by atoms with Gasteiger partial charge >= 0.3 is 6.09 Å². The van der Waals surface area contributed by atoms with E-state index in [1.165, 1.54) is 16.4 Å². The summed E-state index contributed by atoms with van der Waals surface area (Å²) in [6.45, 7) is 5.55. The van der Waals surface area contributed by atoms with E-state index in [0.717, 1.165) is 16.5 Å². The third-order valence-electron chi connectivity index (χ3n) is 5.35. The molecule has 0 aliphatic carbocycles. The van der Waals surface area contributed by atoms with Crippen LogP contribution in [0.4, 0.5) is 9.18 Å². The van der Waals surface area contributed by atoms with Crippen molar-refractivity contribution in [3.63, 3.8) is 0 Å². The van der Waals surface area contributed by atoms with Gasteiger partial charge in [0.1, 0.15) is 17.5 Å². The van der Waals surface area contributed by atoms with Crippen LogP contribution < -0.4 is 5.32 Å². The molecule has 1 saturated heterocycles. The van der Waals surface area contributed by atoms with E-state index in [1.807, 2.05) is 6.07 Å². The van der Waals surface area contributed by atoms with Crippen LogP contribution in [0.5, 0.6) is 0 Å². The summed E-state index contributed by atoms with van der Waals surface area (Å²) in [5.41, 5.74) is 1.43. The van der Waals surface area contributed by atoms with Crippen molar-refractivity contribution in [2.75, 3.05) is 13.1 Å². The molecule has 1 aromatic heterocycles. The van der Waals surface area contributed by atoms with E-state index in [1.54, 1.807) is 45.0 Å². The zero-order valence-electron chi connectivity index (χ0n) is 19.1. The molecule has 0 spiro atoms. The highest BCUT2D eigenvalue weighted by molar-refractivity contribution is 7.89. The molecule has 0 unspecified atom stereocenters. The van der Waals surface area contributed by atoms with Crippen LogP contribution >= 0.6 is 11.6 Å². The fraction of sp³-hybridized carbons (Fsp3) is 0.375. The number of benzene rings is 2. The van der Waals surface area contributed by atoms with Crippen LogP contribution in [0.25, 0.3) is 22.1 Å². The monoisotopic (exact) mass is 508 g/mol. The standard InChI is InChI=1S/C24H26ClFN2O5S/c1-24(2,3)33-23(29)27-13-19-11-17-10-16(12-21(25)22(17)32-19)15-4-6-20(7-5-15)34(30,31)28-9-8-18(26)14-28/h4-7,10-12,18H,8-9,13-14H2,1-3H3,(H,27,29)/t18-/m0/s1. The maximum Gasteiger partial charge on any atom is 0.408 e. The molecule has 1 amide bonds. The number of halogens is 2. The topological polar surface area (TPSA) is 88.8 Å². The molecule has 1 atom stereocenters. The van der Waals surface area contributed by atoms with E-state index in [-0.39, 0.29) is 31.0 Å². The highest BCUT2D eigenvalue weighted by atomic mass is 35.5. The Bertz CT molecular complexity index is 1320. The van der Waals surface area contributed by atoms with Gasteiger partial charge in [-0.25, -0.2) is 17.6 Å². The van der Waals surface area contributed by atoms with Gasteiger partial charge in [-0.1, -0.05) is 23.7 Å². The van der Waals surface area contributed by atoms with Gasteiger partial charge in [0, 0.05) is 18.5 Å². The van der Waals surface area contributed by atoms with E-state index >= 15 is 0 Å². The number of carbonyl (C=O) groups excluding carboxylic acids is 1. The maximum absolute atomic E-state index is 13.5. The third kappa shape index (κ3) is 5.37. The molecule has 0 radical (unpaired) electrons. The molecule has 182 valence electrons. The number of sulfonamides is 1. The molecule has 0 saturated carbocycles. The van der Waals surface area contributed by atoms with Crippen molar-refractivity contribution in [3.8, 4) is 11.1 Å². The van der Waals surface area contributed by atoms with E-state index < -0.39 is 27.9 Å². The predicted molar refractivity (Wildman–Crippen MR) is 128 cm³/mol. The summed E-state index contributed by atoms with van der Waals surface area (Å²) in [7, 11) is -3.73. The summed E-state index contributed by atoms with van der Waals surface area (Å²) in [4.78, 5) is 12.0. The third-order valence-corrected chi connectivity index (χ3v) is 7.51. The fourth-order valence-electron chi connectivity index (χ4n) is 3.77. The van der Waals surface area contributed by atoms with Crippen LogP contribution in [0.3, 0.4) is 0 Å². The summed E-state index contributed by atoms with van der Waals surface area (Å²) in [5.74, 6) is 0.512. The lowest BCUT2D eigenvalue weighted by atomic mass is 10.0. The van der Waals surface area contributed by atoms with Gasteiger partial charge in [0.05, 0.1) is 16.5 Å². The number of alkyl carbamates (subject to hydrolysis) is 1. The smallest absolute Gasteiger partial charge is 0.408 e.